The highest BCUT2D eigenvalue weighted by atomic mass is 32.2. The average molecular weight is 399 g/mol. The molecule has 0 radical (unpaired) electrons. The number of amides is 1. The fourth-order valence-corrected chi connectivity index (χ4v) is 5.76. The number of fused-ring (bicyclic) bond motifs is 2. The summed E-state index contributed by atoms with van der Waals surface area (Å²) >= 11 is 1.36. The zero-order valence-electron chi connectivity index (χ0n) is 15.1. The highest BCUT2D eigenvalue weighted by molar-refractivity contribution is 8.15. The van der Waals surface area contributed by atoms with Gasteiger partial charge in [0, 0.05) is 5.56 Å². The van der Waals surface area contributed by atoms with E-state index in [1.807, 2.05) is 18.2 Å². The number of nitrogens with one attached hydrogen (secondary N) is 1. The first-order valence-corrected chi connectivity index (χ1v) is 10.3. The molecule has 2 aromatic rings. The van der Waals surface area contributed by atoms with Gasteiger partial charge in [-0.3, -0.25) is 4.79 Å². The monoisotopic (exact) mass is 399 g/mol. The van der Waals surface area contributed by atoms with Crippen molar-refractivity contribution in [3.8, 4) is 0 Å². The number of carbonyl (C=O) groups is 1. The average Bonchev–Trinajstić information content (AvgIpc) is 3.44. The van der Waals surface area contributed by atoms with Gasteiger partial charge in [-0.25, -0.2) is 13.8 Å². The molecule has 5 rings (SSSR count). The molecule has 2 aromatic carbocycles. The van der Waals surface area contributed by atoms with Crippen LogP contribution in [0.25, 0.3) is 0 Å². The Balaban J connectivity index is 1.61. The van der Waals surface area contributed by atoms with E-state index < -0.39 is 16.5 Å². The molecule has 28 heavy (non-hydrogen) atoms. The summed E-state index contributed by atoms with van der Waals surface area (Å²) in [4.78, 5) is 12.6. The fraction of sp³-hybridized carbons (Fsp3) is 0.333. The third-order valence-electron chi connectivity index (χ3n) is 5.70. The van der Waals surface area contributed by atoms with Crippen LogP contribution in [-0.4, -0.2) is 28.5 Å². The van der Waals surface area contributed by atoms with Crippen LogP contribution in [0.4, 0.5) is 8.78 Å². The van der Waals surface area contributed by atoms with E-state index in [2.05, 4.69) is 16.5 Å². The zero-order chi connectivity index (χ0) is 19.3. The van der Waals surface area contributed by atoms with Crippen LogP contribution in [0.1, 0.15) is 36.0 Å². The summed E-state index contributed by atoms with van der Waals surface area (Å²) in [6.45, 7) is 0.802. The third-order valence-corrected chi connectivity index (χ3v) is 7.13. The SMILES string of the molecule is O=C(C1CCCN1)N1N=C(c2cc(F)ccc2F)SC12CCc1ccccc12. The molecule has 0 saturated carbocycles. The number of rotatable bonds is 2. The van der Waals surface area contributed by atoms with Crippen LogP contribution in [0.15, 0.2) is 47.6 Å². The molecule has 2 unspecified atom stereocenters. The van der Waals surface area contributed by atoms with E-state index in [1.165, 1.54) is 22.3 Å². The minimum atomic E-state index is -0.702. The molecule has 0 bridgehead atoms. The number of carbonyl (C=O) groups excluding carboxylic acids is 1. The van der Waals surface area contributed by atoms with Gasteiger partial charge in [-0.05, 0) is 61.6 Å². The molecule has 0 aromatic heterocycles. The highest BCUT2D eigenvalue weighted by Gasteiger charge is 2.53. The second-order valence-corrected chi connectivity index (χ2v) is 8.64. The Hall–Kier alpha value is -2.25. The topological polar surface area (TPSA) is 44.7 Å². The smallest absolute Gasteiger partial charge is 0.261 e. The number of nitrogens with zero attached hydrogens (tertiary/aromatic N) is 2. The van der Waals surface area contributed by atoms with Crippen LogP contribution in [0.3, 0.4) is 0 Å². The van der Waals surface area contributed by atoms with Crippen molar-refractivity contribution in [2.75, 3.05) is 6.54 Å². The number of hydrogen-bond acceptors (Lipinski definition) is 4. The van der Waals surface area contributed by atoms with Crippen LogP contribution in [-0.2, 0) is 16.1 Å². The molecular formula is C21H19F2N3OS. The molecule has 1 aliphatic carbocycles. The summed E-state index contributed by atoms with van der Waals surface area (Å²) in [5.41, 5.74) is 2.30. The first-order chi connectivity index (χ1) is 13.6. The molecule has 3 aliphatic rings. The lowest BCUT2D eigenvalue weighted by atomic mass is 10.1. The van der Waals surface area contributed by atoms with E-state index in [9.17, 15) is 13.6 Å². The van der Waals surface area contributed by atoms with E-state index in [0.29, 0.717) is 11.5 Å². The molecule has 1 spiro atoms. The van der Waals surface area contributed by atoms with Gasteiger partial charge in [-0.1, -0.05) is 36.0 Å². The molecule has 1 saturated heterocycles. The van der Waals surface area contributed by atoms with Gasteiger partial charge in [0.2, 0.25) is 0 Å². The zero-order valence-corrected chi connectivity index (χ0v) is 15.9. The lowest BCUT2D eigenvalue weighted by Gasteiger charge is -2.33. The van der Waals surface area contributed by atoms with Crippen molar-refractivity contribution in [2.24, 2.45) is 5.10 Å². The van der Waals surface area contributed by atoms with Gasteiger partial charge in [-0.2, -0.15) is 5.10 Å². The molecule has 1 fully saturated rings. The minimum absolute atomic E-state index is 0.100. The maximum Gasteiger partial charge on any atom is 0.261 e. The van der Waals surface area contributed by atoms with Crippen LogP contribution in [0.2, 0.25) is 0 Å². The molecule has 1 N–H and O–H groups in total. The standard InChI is InChI=1S/C21H19F2N3OS/c22-14-7-8-17(23)15(12-14)19-25-26(20(27)18-6-3-11-24-18)21(28-19)10-9-13-4-1-2-5-16(13)21/h1-2,4-5,7-8,12,18,24H,3,6,9-11H2. The van der Waals surface area contributed by atoms with Gasteiger partial charge in [0.1, 0.15) is 21.5 Å². The van der Waals surface area contributed by atoms with Crippen LogP contribution in [0, 0.1) is 11.6 Å². The van der Waals surface area contributed by atoms with Gasteiger partial charge in [0.15, 0.2) is 0 Å². The van der Waals surface area contributed by atoms with Crippen molar-refractivity contribution >= 4 is 22.7 Å². The summed E-state index contributed by atoms with van der Waals surface area (Å²) in [5, 5.41) is 9.67. The molecule has 2 aliphatic heterocycles. The first kappa shape index (κ1) is 17.8. The summed E-state index contributed by atoms with van der Waals surface area (Å²) in [5.74, 6) is -1.17. The summed E-state index contributed by atoms with van der Waals surface area (Å²) in [6.07, 6.45) is 3.21. The summed E-state index contributed by atoms with van der Waals surface area (Å²) in [7, 11) is 0. The van der Waals surface area contributed by atoms with E-state index in [4.69, 9.17) is 0 Å². The molecule has 7 heteroatoms. The first-order valence-electron chi connectivity index (χ1n) is 9.47. The van der Waals surface area contributed by atoms with Crippen LogP contribution in [0.5, 0.6) is 0 Å². The number of aryl methyl sites for hydroxylation is 1. The molecule has 2 heterocycles. The molecule has 2 atom stereocenters. The van der Waals surface area contributed by atoms with E-state index in [-0.39, 0.29) is 17.5 Å². The summed E-state index contributed by atoms with van der Waals surface area (Å²) < 4.78 is 28.2. The lowest BCUT2D eigenvalue weighted by molar-refractivity contribution is -0.136. The summed E-state index contributed by atoms with van der Waals surface area (Å²) in [6, 6.07) is 11.1. The number of benzene rings is 2. The quantitative estimate of drug-likeness (QED) is 0.837. The van der Waals surface area contributed by atoms with Crippen molar-refractivity contribution in [2.45, 2.75) is 36.6 Å². The Kier molecular flexibility index (Phi) is 4.25. The van der Waals surface area contributed by atoms with Gasteiger partial charge >= 0.3 is 0 Å². The van der Waals surface area contributed by atoms with Crippen molar-refractivity contribution in [3.05, 3.63) is 70.8 Å². The molecule has 4 nitrogen and oxygen atoms in total. The maximum atomic E-state index is 14.4. The molecule has 1 amide bonds. The second-order valence-electron chi connectivity index (χ2n) is 7.37. The Morgan fingerprint density at radius 3 is 2.93 bits per heavy atom. The molecular weight excluding hydrogens is 380 g/mol. The number of hydrogen-bond donors (Lipinski definition) is 1. The van der Waals surface area contributed by atoms with Gasteiger partial charge in [0.05, 0.1) is 6.04 Å². The van der Waals surface area contributed by atoms with Crippen molar-refractivity contribution in [1.29, 1.82) is 0 Å². The number of halogens is 2. The van der Waals surface area contributed by atoms with Crippen molar-refractivity contribution in [3.63, 3.8) is 0 Å². The Morgan fingerprint density at radius 1 is 1.25 bits per heavy atom. The lowest BCUT2D eigenvalue weighted by Crippen LogP contribution is -2.47. The second kappa shape index (κ2) is 6.67. The van der Waals surface area contributed by atoms with E-state index in [1.54, 1.807) is 0 Å². The van der Waals surface area contributed by atoms with E-state index >= 15 is 0 Å². The van der Waals surface area contributed by atoms with Crippen LogP contribution < -0.4 is 5.32 Å². The fourth-order valence-electron chi connectivity index (χ4n) is 4.32. The number of thioether (sulfide) groups is 1. The largest absolute Gasteiger partial charge is 0.306 e. The van der Waals surface area contributed by atoms with Crippen molar-refractivity contribution < 1.29 is 13.6 Å². The van der Waals surface area contributed by atoms with Gasteiger partial charge in [0.25, 0.3) is 5.91 Å². The predicted molar refractivity (Wildman–Crippen MR) is 105 cm³/mol. The van der Waals surface area contributed by atoms with Crippen LogP contribution >= 0.6 is 11.8 Å². The number of hydrazone groups is 1. The maximum absolute atomic E-state index is 14.4. The molecule has 144 valence electrons. The normalized spacial score (nSPS) is 26.0. The van der Waals surface area contributed by atoms with Gasteiger partial charge in [-0.15, -0.1) is 0 Å². The van der Waals surface area contributed by atoms with Crippen molar-refractivity contribution in [1.82, 2.24) is 10.3 Å². The Morgan fingerprint density at radius 2 is 2.11 bits per heavy atom. The van der Waals surface area contributed by atoms with E-state index in [0.717, 1.165) is 49.6 Å². The highest BCUT2D eigenvalue weighted by Crippen LogP contribution is 2.55. The van der Waals surface area contributed by atoms with Gasteiger partial charge < -0.3 is 5.32 Å². The Labute approximate surface area is 166 Å². The minimum Gasteiger partial charge on any atom is -0.306 e. The predicted octanol–water partition coefficient (Wildman–Crippen LogP) is 3.75. The third kappa shape index (κ3) is 2.68. The Bertz CT molecular complexity index is 989.